The number of hydrogen-bond acceptors (Lipinski definition) is 4. The molecule has 1 atom stereocenters. The van der Waals surface area contributed by atoms with E-state index in [1.807, 2.05) is 32.0 Å². The molecule has 136 valence electrons. The van der Waals surface area contributed by atoms with Crippen molar-refractivity contribution in [2.24, 2.45) is 11.7 Å². The first-order valence-electron chi connectivity index (χ1n) is 8.84. The summed E-state index contributed by atoms with van der Waals surface area (Å²) in [7, 11) is -3.28. The average Bonchev–Trinajstić information content (AvgIpc) is 3.34. The maximum absolute atomic E-state index is 12.2. The van der Waals surface area contributed by atoms with Crippen LogP contribution in [0.1, 0.15) is 56.2 Å². The van der Waals surface area contributed by atoms with Gasteiger partial charge in [0.05, 0.1) is 12.4 Å². The molecule has 0 amide bonds. The van der Waals surface area contributed by atoms with Crippen molar-refractivity contribution in [2.75, 3.05) is 18.9 Å². The van der Waals surface area contributed by atoms with E-state index in [9.17, 15) is 8.42 Å². The summed E-state index contributed by atoms with van der Waals surface area (Å²) in [4.78, 5) is 0. The first-order valence-corrected chi connectivity index (χ1v) is 10.5. The predicted octanol–water partition coefficient (Wildman–Crippen LogP) is 2.89. The van der Waals surface area contributed by atoms with Crippen LogP contribution in [0.15, 0.2) is 18.2 Å². The van der Waals surface area contributed by atoms with Crippen LogP contribution in [-0.4, -0.2) is 27.3 Å². The zero-order valence-corrected chi connectivity index (χ0v) is 15.6. The second kappa shape index (κ2) is 8.83. The van der Waals surface area contributed by atoms with Gasteiger partial charge in [-0.25, -0.2) is 13.1 Å². The molecule has 5 nitrogen and oxygen atoms in total. The molecule has 0 unspecified atom stereocenters. The molecule has 1 fully saturated rings. The molecule has 6 heteroatoms. The highest BCUT2D eigenvalue weighted by Crippen LogP contribution is 2.31. The number of rotatable bonds is 11. The number of aryl methyl sites for hydroxylation is 1. The lowest BCUT2D eigenvalue weighted by Gasteiger charge is -2.17. The van der Waals surface area contributed by atoms with Gasteiger partial charge in [0, 0.05) is 6.04 Å². The van der Waals surface area contributed by atoms with Gasteiger partial charge in [-0.15, -0.1) is 0 Å². The zero-order chi connectivity index (χ0) is 17.6. The SMILES string of the molecule is Cc1ccc([C@H](C)NS(=O)(=O)CCCCCN)cc1OCC1CC1. The summed E-state index contributed by atoms with van der Waals surface area (Å²) >= 11 is 0. The van der Waals surface area contributed by atoms with Crippen LogP contribution in [0.3, 0.4) is 0 Å². The maximum Gasteiger partial charge on any atom is 0.212 e. The van der Waals surface area contributed by atoms with E-state index in [0.29, 0.717) is 18.9 Å². The largest absolute Gasteiger partial charge is 0.493 e. The summed E-state index contributed by atoms with van der Waals surface area (Å²) in [5, 5.41) is 0. The van der Waals surface area contributed by atoms with Crippen LogP contribution in [0.2, 0.25) is 0 Å². The molecular formula is C18H30N2O3S. The second-order valence-electron chi connectivity index (χ2n) is 6.79. The molecule has 0 bridgehead atoms. The normalized spacial score (nSPS) is 16.1. The minimum absolute atomic E-state index is 0.147. The Labute approximate surface area is 146 Å². The van der Waals surface area contributed by atoms with Crippen LogP contribution in [0.4, 0.5) is 0 Å². The Bertz CT molecular complexity index is 627. The molecule has 2 rings (SSSR count). The Kier molecular flexibility index (Phi) is 7.07. The number of nitrogens with two attached hydrogens (primary N) is 1. The number of ether oxygens (including phenoxy) is 1. The van der Waals surface area contributed by atoms with Gasteiger partial charge in [-0.3, -0.25) is 0 Å². The van der Waals surface area contributed by atoms with Gasteiger partial charge in [0.25, 0.3) is 0 Å². The summed E-state index contributed by atoms with van der Waals surface area (Å²) in [5.74, 6) is 1.69. The third-order valence-corrected chi connectivity index (χ3v) is 5.90. The first kappa shape index (κ1) is 19.2. The zero-order valence-electron chi connectivity index (χ0n) is 14.8. The lowest BCUT2D eigenvalue weighted by molar-refractivity contribution is 0.297. The fraction of sp³-hybridized carbons (Fsp3) is 0.667. The van der Waals surface area contributed by atoms with Gasteiger partial charge < -0.3 is 10.5 Å². The van der Waals surface area contributed by atoms with Crippen molar-refractivity contribution in [1.82, 2.24) is 4.72 Å². The number of unbranched alkanes of at least 4 members (excludes halogenated alkanes) is 2. The molecule has 1 saturated carbocycles. The van der Waals surface area contributed by atoms with E-state index in [4.69, 9.17) is 10.5 Å². The van der Waals surface area contributed by atoms with E-state index in [0.717, 1.165) is 36.3 Å². The summed E-state index contributed by atoms with van der Waals surface area (Å²) in [6, 6.07) is 5.64. The van der Waals surface area contributed by atoms with E-state index in [1.54, 1.807) is 0 Å². The fourth-order valence-electron chi connectivity index (χ4n) is 2.54. The summed E-state index contributed by atoms with van der Waals surface area (Å²) in [6.45, 7) is 5.24. The first-order chi connectivity index (χ1) is 11.4. The molecule has 0 spiro atoms. The van der Waals surface area contributed by atoms with Gasteiger partial charge in [0.2, 0.25) is 10.0 Å². The Balaban J connectivity index is 1.92. The van der Waals surface area contributed by atoms with E-state index < -0.39 is 10.0 Å². The van der Waals surface area contributed by atoms with Crippen LogP contribution in [0.25, 0.3) is 0 Å². The average molecular weight is 355 g/mol. The lowest BCUT2D eigenvalue weighted by Crippen LogP contribution is -2.29. The van der Waals surface area contributed by atoms with E-state index in [-0.39, 0.29) is 11.8 Å². The minimum atomic E-state index is -3.28. The molecule has 1 aliphatic rings. The van der Waals surface area contributed by atoms with Gasteiger partial charge in [0.15, 0.2) is 0 Å². The quantitative estimate of drug-likeness (QED) is 0.599. The Morgan fingerprint density at radius 3 is 2.71 bits per heavy atom. The minimum Gasteiger partial charge on any atom is -0.493 e. The van der Waals surface area contributed by atoms with Crippen LogP contribution in [-0.2, 0) is 10.0 Å². The Morgan fingerprint density at radius 1 is 1.29 bits per heavy atom. The molecule has 1 aliphatic carbocycles. The molecule has 3 N–H and O–H groups in total. The van der Waals surface area contributed by atoms with Crippen LogP contribution in [0, 0.1) is 12.8 Å². The van der Waals surface area contributed by atoms with Crippen LogP contribution >= 0.6 is 0 Å². The summed E-state index contributed by atoms with van der Waals surface area (Å²) < 4.78 is 33.0. The molecule has 1 aromatic carbocycles. The van der Waals surface area contributed by atoms with Crippen molar-refractivity contribution in [2.45, 2.75) is 52.0 Å². The molecule has 1 aromatic rings. The Hall–Kier alpha value is -1.11. The Morgan fingerprint density at radius 2 is 2.04 bits per heavy atom. The van der Waals surface area contributed by atoms with Gasteiger partial charge in [-0.05, 0) is 69.2 Å². The summed E-state index contributed by atoms with van der Waals surface area (Å²) in [5.41, 5.74) is 7.44. The molecule has 0 aliphatic heterocycles. The van der Waals surface area contributed by atoms with Crippen LogP contribution < -0.4 is 15.2 Å². The highest BCUT2D eigenvalue weighted by molar-refractivity contribution is 7.89. The summed E-state index contributed by atoms with van der Waals surface area (Å²) in [6.07, 6.45) is 4.85. The van der Waals surface area contributed by atoms with Crippen molar-refractivity contribution in [3.05, 3.63) is 29.3 Å². The van der Waals surface area contributed by atoms with Crippen LogP contribution in [0.5, 0.6) is 5.75 Å². The van der Waals surface area contributed by atoms with Crippen molar-refractivity contribution in [1.29, 1.82) is 0 Å². The maximum atomic E-state index is 12.2. The van der Waals surface area contributed by atoms with Crippen molar-refractivity contribution in [3.8, 4) is 5.75 Å². The highest BCUT2D eigenvalue weighted by atomic mass is 32.2. The third kappa shape index (κ3) is 6.42. The molecular weight excluding hydrogens is 324 g/mol. The number of benzene rings is 1. The third-order valence-electron chi connectivity index (χ3n) is 4.36. The topological polar surface area (TPSA) is 81.4 Å². The van der Waals surface area contributed by atoms with E-state index in [2.05, 4.69) is 4.72 Å². The lowest BCUT2D eigenvalue weighted by atomic mass is 10.1. The molecule has 24 heavy (non-hydrogen) atoms. The van der Waals surface area contributed by atoms with Crippen molar-refractivity contribution < 1.29 is 13.2 Å². The van der Waals surface area contributed by atoms with E-state index >= 15 is 0 Å². The standard InChI is InChI=1S/C18H30N2O3S/c1-14-6-9-17(12-18(14)23-13-16-7-8-16)15(2)20-24(21,22)11-5-3-4-10-19/h6,9,12,15-16,20H,3-5,7-8,10-11,13,19H2,1-2H3/t15-/m0/s1. The van der Waals surface area contributed by atoms with Gasteiger partial charge >= 0.3 is 0 Å². The van der Waals surface area contributed by atoms with Gasteiger partial charge in [-0.1, -0.05) is 18.6 Å². The molecule has 0 aromatic heterocycles. The second-order valence-corrected chi connectivity index (χ2v) is 8.66. The molecule has 0 saturated heterocycles. The molecule has 0 heterocycles. The van der Waals surface area contributed by atoms with E-state index in [1.165, 1.54) is 12.8 Å². The fourth-order valence-corrected chi connectivity index (χ4v) is 3.92. The number of hydrogen-bond donors (Lipinski definition) is 2. The number of nitrogens with one attached hydrogen (secondary N) is 1. The monoisotopic (exact) mass is 354 g/mol. The van der Waals surface area contributed by atoms with Crippen molar-refractivity contribution in [3.63, 3.8) is 0 Å². The van der Waals surface area contributed by atoms with Crippen molar-refractivity contribution >= 4 is 10.0 Å². The highest BCUT2D eigenvalue weighted by Gasteiger charge is 2.22. The molecule has 0 radical (unpaired) electrons. The predicted molar refractivity (Wildman–Crippen MR) is 97.6 cm³/mol. The van der Waals surface area contributed by atoms with Gasteiger partial charge in [-0.2, -0.15) is 0 Å². The van der Waals surface area contributed by atoms with Gasteiger partial charge in [0.1, 0.15) is 5.75 Å². The number of sulfonamides is 1. The smallest absolute Gasteiger partial charge is 0.212 e.